The largest absolute Gasteiger partial charge is 0.460 e. The quantitative estimate of drug-likeness (QED) is 0.413. The van der Waals surface area contributed by atoms with E-state index >= 15 is 0 Å². The van der Waals surface area contributed by atoms with Gasteiger partial charge >= 0.3 is 5.97 Å². The standard InChI is InChI=1S/C23H16FNO4S/c24-18-8-16(11-27-22(26)15-6-7-19-20(10-15)30-13-25-19)21-17(9-18)12-28-23(29-21)14-4-2-1-3-5-14/h1-10,13,23H,11-12H2/t23-/m1/s1. The van der Waals surface area contributed by atoms with E-state index in [1.165, 1.54) is 23.5 Å². The van der Waals surface area contributed by atoms with Crippen molar-refractivity contribution in [3.63, 3.8) is 0 Å². The monoisotopic (exact) mass is 421 g/mol. The van der Waals surface area contributed by atoms with Gasteiger partial charge in [0.15, 0.2) is 0 Å². The van der Waals surface area contributed by atoms with Gasteiger partial charge in [-0.05, 0) is 30.3 Å². The third-order valence-electron chi connectivity index (χ3n) is 4.82. The number of halogens is 1. The maximum Gasteiger partial charge on any atom is 0.338 e. The van der Waals surface area contributed by atoms with Crippen LogP contribution in [0.4, 0.5) is 4.39 Å². The van der Waals surface area contributed by atoms with Gasteiger partial charge in [-0.15, -0.1) is 11.3 Å². The highest BCUT2D eigenvalue weighted by molar-refractivity contribution is 7.16. The summed E-state index contributed by atoms with van der Waals surface area (Å²) in [6.07, 6.45) is -0.604. The van der Waals surface area contributed by atoms with E-state index in [2.05, 4.69) is 4.98 Å². The van der Waals surface area contributed by atoms with Gasteiger partial charge in [-0.3, -0.25) is 0 Å². The van der Waals surface area contributed by atoms with E-state index < -0.39 is 18.1 Å². The van der Waals surface area contributed by atoms with E-state index in [0.29, 0.717) is 22.4 Å². The summed E-state index contributed by atoms with van der Waals surface area (Å²) in [5, 5.41) is 0. The average molecular weight is 421 g/mol. The molecule has 0 fully saturated rings. The van der Waals surface area contributed by atoms with Crippen molar-refractivity contribution in [2.45, 2.75) is 19.5 Å². The van der Waals surface area contributed by atoms with Gasteiger partial charge < -0.3 is 14.2 Å². The summed E-state index contributed by atoms with van der Waals surface area (Å²) in [6, 6.07) is 17.4. The molecule has 1 aliphatic rings. The zero-order valence-electron chi connectivity index (χ0n) is 15.7. The number of esters is 1. The molecule has 1 aliphatic heterocycles. The van der Waals surface area contributed by atoms with E-state index in [-0.39, 0.29) is 13.2 Å². The van der Waals surface area contributed by atoms with Crippen molar-refractivity contribution >= 4 is 27.5 Å². The molecule has 0 N–H and O–H groups in total. The van der Waals surface area contributed by atoms with Gasteiger partial charge in [0.05, 0.1) is 27.9 Å². The minimum Gasteiger partial charge on any atom is -0.460 e. The Hall–Kier alpha value is -3.29. The van der Waals surface area contributed by atoms with Crippen molar-refractivity contribution in [1.29, 1.82) is 0 Å². The zero-order valence-corrected chi connectivity index (χ0v) is 16.5. The minimum absolute atomic E-state index is 0.110. The molecule has 3 aromatic carbocycles. The minimum atomic E-state index is -0.604. The Morgan fingerprint density at radius 1 is 1.17 bits per heavy atom. The summed E-state index contributed by atoms with van der Waals surface area (Å²) >= 11 is 1.45. The zero-order chi connectivity index (χ0) is 20.5. The first-order chi connectivity index (χ1) is 14.7. The number of benzene rings is 3. The lowest BCUT2D eigenvalue weighted by molar-refractivity contribution is -0.112. The molecular formula is C23H16FNO4S. The molecular weight excluding hydrogens is 405 g/mol. The molecule has 0 spiro atoms. The number of carbonyl (C=O) groups is 1. The van der Waals surface area contributed by atoms with Crippen LogP contribution < -0.4 is 4.74 Å². The summed E-state index contributed by atoms with van der Waals surface area (Å²) < 4.78 is 32.2. The predicted molar refractivity (Wildman–Crippen MR) is 110 cm³/mol. The molecule has 2 heterocycles. The Labute approximate surface area is 175 Å². The molecule has 1 atom stereocenters. The van der Waals surface area contributed by atoms with Gasteiger partial charge in [0, 0.05) is 16.7 Å². The number of carbonyl (C=O) groups excluding carboxylic acids is 1. The van der Waals surface area contributed by atoms with Crippen LogP contribution in [0.2, 0.25) is 0 Å². The second-order valence-corrected chi connectivity index (χ2v) is 7.72. The summed E-state index contributed by atoms with van der Waals surface area (Å²) in [5.74, 6) is -0.437. The van der Waals surface area contributed by atoms with Gasteiger partial charge in [-0.1, -0.05) is 30.3 Å². The first-order valence-electron chi connectivity index (χ1n) is 9.32. The van der Waals surface area contributed by atoms with Crippen molar-refractivity contribution in [3.8, 4) is 5.75 Å². The Morgan fingerprint density at radius 2 is 2.03 bits per heavy atom. The van der Waals surface area contributed by atoms with E-state index in [4.69, 9.17) is 14.2 Å². The summed E-state index contributed by atoms with van der Waals surface area (Å²) in [6.45, 7) is 0.0941. The molecule has 0 amide bonds. The molecule has 0 saturated heterocycles. The van der Waals surface area contributed by atoms with Gasteiger partial charge in [-0.25, -0.2) is 14.2 Å². The summed E-state index contributed by atoms with van der Waals surface area (Å²) in [7, 11) is 0. The first-order valence-corrected chi connectivity index (χ1v) is 10.2. The topological polar surface area (TPSA) is 57.7 Å². The first kappa shape index (κ1) is 18.7. The number of rotatable bonds is 4. The fourth-order valence-corrected chi connectivity index (χ4v) is 4.08. The van der Waals surface area contributed by atoms with Crippen LogP contribution in [0.1, 0.15) is 33.3 Å². The fourth-order valence-electron chi connectivity index (χ4n) is 3.37. The van der Waals surface area contributed by atoms with Crippen LogP contribution in [-0.2, 0) is 22.7 Å². The highest BCUT2D eigenvalue weighted by Crippen LogP contribution is 2.37. The smallest absolute Gasteiger partial charge is 0.338 e. The number of hydrogen-bond acceptors (Lipinski definition) is 6. The molecule has 0 aliphatic carbocycles. The lowest BCUT2D eigenvalue weighted by atomic mass is 10.1. The lowest BCUT2D eigenvalue weighted by Gasteiger charge is -2.28. The van der Waals surface area contributed by atoms with Gasteiger partial charge in [0.1, 0.15) is 18.2 Å². The second-order valence-electron chi connectivity index (χ2n) is 6.84. The molecule has 0 radical (unpaired) electrons. The maximum atomic E-state index is 14.1. The van der Waals surface area contributed by atoms with Crippen LogP contribution in [0.25, 0.3) is 10.2 Å². The van der Waals surface area contributed by atoms with Crippen molar-refractivity contribution < 1.29 is 23.4 Å². The molecule has 5 nitrogen and oxygen atoms in total. The van der Waals surface area contributed by atoms with Crippen LogP contribution in [0, 0.1) is 5.82 Å². The Balaban J connectivity index is 1.37. The summed E-state index contributed by atoms with van der Waals surface area (Å²) in [4.78, 5) is 16.7. The molecule has 30 heavy (non-hydrogen) atoms. The predicted octanol–water partition coefficient (Wildman–Crippen LogP) is 5.40. The number of hydrogen-bond donors (Lipinski definition) is 0. The van der Waals surface area contributed by atoms with E-state index in [9.17, 15) is 9.18 Å². The Kier molecular flexibility index (Phi) is 4.90. The van der Waals surface area contributed by atoms with Gasteiger partial charge in [0.25, 0.3) is 0 Å². The molecule has 150 valence electrons. The molecule has 7 heteroatoms. The van der Waals surface area contributed by atoms with Crippen molar-refractivity contribution in [2.24, 2.45) is 0 Å². The number of aromatic nitrogens is 1. The third kappa shape index (κ3) is 3.65. The van der Waals surface area contributed by atoms with Crippen LogP contribution in [-0.4, -0.2) is 11.0 Å². The lowest BCUT2D eigenvalue weighted by Crippen LogP contribution is -2.20. The Morgan fingerprint density at radius 3 is 2.90 bits per heavy atom. The maximum absolute atomic E-state index is 14.1. The average Bonchev–Trinajstić information content (AvgIpc) is 3.25. The van der Waals surface area contributed by atoms with Crippen LogP contribution >= 0.6 is 11.3 Å². The van der Waals surface area contributed by atoms with Crippen molar-refractivity contribution in [1.82, 2.24) is 4.98 Å². The van der Waals surface area contributed by atoms with Crippen LogP contribution in [0.15, 0.2) is 66.2 Å². The van der Waals surface area contributed by atoms with Crippen molar-refractivity contribution in [3.05, 3.63) is 94.2 Å². The number of fused-ring (bicyclic) bond motifs is 2. The van der Waals surface area contributed by atoms with Crippen LogP contribution in [0.3, 0.4) is 0 Å². The SMILES string of the molecule is O=C(OCc1cc(F)cc2c1O[C@H](c1ccccc1)OC2)c1ccc2ncsc2c1. The third-order valence-corrected chi connectivity index (χ3v) is 5.61. The molecule has 4 aromatic rings. The number of thiazole rings is 1. The van der Waals surface area contributed by atoms with Crippen molar-refractivity contribution in [2.75, 3.05) is 0 Å². The molecule has 0 saturated carbocycles. The molecule has 1 aromatic heterocycles. The normalized spacial score (nSPS) is 15.4. The number of nitrogens with zero attached hydrogens (tertiary/aromatic N) is 1. The molecule has 0 unspecified atom stereocenters. The number of ether oxygens (including phenoxy) is 3. The Bertz CT molecular complexity index is 1220. The molecule has 5 rings (SSSR count). The highest BCUT2D eigenvalue weighted by atomic mass is 32.1. The highest BCUT2D eigenvalue weighted by Gasteiger charge is 2.25. The van der Waals surface area contributed by atoms with Crippen LogP contribution in [0.5, 0.6) is 5.75 Å². The summed E-state index contributed by atoms with van der Waals surface area (Å²) in [5.41, 5.74) is 4.87. The van der Waals surface area contributed by atoms with E-state index in [1.54, 1.807) is 23.7 Å². The van der Waals surface area contributed by atoms with Gasteiger partial charge in [-0.2, -0.15) is 0 Å². The fraction of sp³-hybridized carbons (Fsp3) is 0.130. The van der Waals surface area contributed by atoms with Gasteiger partial charge in [0.2, 0.25) is 6.29 Å². The van der Waals surface area contributed by atoms with E-state index in [1.807, 2.05) is 30.3 Å². The van der Waals surface area contributed by atoms with E-state index in [0.717, 1.165) is 15.8 Å². The molecule has 0 bridgehead atoms. The second kappa shape index (κ2) is 7.85.